The van der Waals surface area contributed by atoms with E-state index in [-0.39, 0.29) is 12.0 Å². The van der Waals surface area contributed by atoms with Crippen molar-refractivity contribution in [2.45, 2.75) is 53.9 Å². The zero-order chi connectivity index (χ0) is 19.0. The molecule has 0 bridgehead atoms. The average Bonchev–Trinajstić information content (AvgIpc) is 2.49. The van der Waals surface area contributed by atoms with Gasteiger partial charge in [0.05, 0.1) is 0 Å². The highest BCUT2D eigenvalue weighted by molar-refractivity contribution is 5.86. The van der Waals surface area contributed by atoms with Crippen molar-refractivity contribution in [1.29, 1.82) is 0 Å². The van der Waals surface area contributed by atoms with E-state index in [0.717, 1.165) is 30.4 Å². The summed E-state index contributed by atoms with van der Waals surface area (Å²) in [5.41, 5.74) is 10.0. The monoisotopic (exact) mass is 343 g/mol. The highest BCUT2D eigenvalue weighted by atomic mass is 16.3. The molecule has 1 amide bonds. The molecular formula is C22H33NO2. The predicted octanol–water partition coefficient (Wildman–Crippen LogP) is 4.61. The van der Waals surface area contributed by atoms with Gasteiger partial charge >= 0.3 is 0 Å². The summed E-state index contributed by atoms with van der Waals surface area (Å²) in [6.45, 7) is 10.9. The van der Waals surface area contributed by atoms with Gasteiger partial charge in [0.1, 0.15) is 0 Å². The van der Waals surface area contributed by atoms with Crippen molar-refractivity contribution < 1.29 is 9.90 Å². The standard InChI is InChI=1S/C22H33NO2/c1-16(7-6-8-17(2)15-21(23)25)9-12-20-18(3)10-11-19(13-14-24)22(20,4)5/h6-9,12,15,19,24H,10-11,13-14H2,1-5H3,(H2,23,25)/b8-6+,12-9+,16-7-,17-15+. The van der Waals surface area contributed by atoms with Crippen LogP contribution in [-0.2, 0) is 4.79 Å². The first-order valence-corrected chi connectivity index (χ1v) is 9.00. The van der Waals surface area contributed by atoms with Gasteiger partial charge in [0.2, 0.25) is 5.91 Å². The fourth-order valence-corrected chi connectivity index (χ4v) is 3.57. The summed E-state index contributed by atoms with van der Waals surface area (Å²) in [6.07, 6.45) is 14.7. The zero-order valence-electron chi connectivity index (χ0n) is 16.3. The second-order valence-corrected chi connectivity index (χ2v) is 7.56. The Morgan fingerprint density at radius 2 is 1.96 bits per heavy atom. The third-order valence-electron chi connectivity index (χ3n) is 5.12. The fourth-order valence-electron chi connectivity index (χ4n) is 3.57. The maximum Gasteiger partial charge on any atom is 0.241 e. The molecule has 0 heterocycles. The third-order valence-corrected chi connectivity index (χ3v) is 5.12. The van der Waals surface area contributed by atoms with E-state index in [1.54, 1.807) is 0 Å². The van der Waals surface area contributed by atoms with Gasteiger partial charge in [-0.15, -0.1) is 0 Å². The number of amides is 1. The summed E-state index contributed by atoms with van der Waals surface area (Å²) in [5.74, 6) is 0.0914. The van der Waals surface area contributed by atoms with Crippen LogP contribution in [0.15, 0.2) is 58.7 Å². The van der Waals surface area contributed by atoms with Crippen molar-refractivity contribution in [2.75, 3.05) is 6.61 Å². The van der Waals surface area contributed by atoms with E-state index < -0.39 is 5.91 Å². The fraction of sp³-hybridized carbons (Fsp3) is 0.500. The maximum atomic E-state index is 10.8. The average molecular weight is 344 g/mol. The minimum Gasteiger partial charge on any atom is -0.396 e. The zero-order valence-corrected chi connectivity index (χ0v) is 16.3. The molecule has 25 heavy (non-hydrogen) atoms. The number of allylic oxidation sites excluding steroid dienone is 9. The molecule has 0 aromatic carbocycles. The second kappa shape index (κ2) is 9.57. The van der Waals surface area contributed by atoms with Crippen LogP contribution in [0.1, 0.15) is 53.9 Å². The molecule has 3 heteroatoms. The van der Waals surface area contributed by atoms with Crippen LogP contribution in [0.5, 0.6) is 0 Å². The van der Waals surface area contributed by atoms with E-state index in [9.17, 15) is 9.90 Å². The first kappa shape index (κ1) is 21.2. The lowest BCUT2D eigenvalue weighted by Crippen LogP contribution is -2.30. The number of hydrogen-bond acceptors (Lipinski definition) is 2. The lowest BCUT2D eigenvalue weighted by molar-refractivity contribution is -0.113. The molecule has 0 spiro atoms. The Morgan fingerprint density at radius 3 is 2.56 bits per heavy atom. The molecule has 0 aromatic rings. The molecule has 138 valence electrons. The lowest BCUT2D eigenvalue weighted by Gasteiger charge is -2.41. The minimum absolute atomic E-state index is 0.0818. The molecular weight excluding hydrogens is 310 g/mol. The van der Waals surface area contributed by atoms with E-state index in [0.29, 0.717) is 5.92 Å². The van der Waals surface area contributed by atoms with Crippen molar-refractivity contribution in [3.8, 4) is 0 Å². The molecule has 1 rings (SSSR count). The normalized spacial score (nSPS) is 22.2. The quantitative estimate of drug-likeness (QED) is 0.523. The van der Waals surface area contributed by atoms with Crippen molar-refractivity contribution in [3.63, 3.8) is 0 Å². The number of aliphatic hydroxyl groups excluding tert-OH is 1. The number of hydrogen-bond donors (Lipinski definition) is 2. The lowest BCUT2D eigenvalue weighted by atomic mass is 9.64. The SMILES string of the molecule is CC1=C(/C=C/C(C)=C\C=C\C(C)=C\C(N)=O)C(C)(C)C(CCO)CC1. The highest BCUT2D eigenvalue weighted by Crippen LogP contribution is 2.46. The maximum absolute atomic E-state index is 10.8. The van der Waals surface area contributed by atoms with E-state index in [2.05, 4.69) is 39.8 Å². The topological polar surface area (TPSA) is 63.3 Å². The summed E-state index contributed by atoms with van der Waals surface area (Å²) in [4.78, 5) is 10.8. The Labute approximate surface area is 152 Å². The number of nitrogens with two attached hydrogens (primary N) is 1. The van der Waals surface area contributed by atoms with Crippen LogP contribution in [-0.4, -0.2) is 17.6 Å². The molecule has 0 aliphatic heterocycles. The molecule has 1 unspecified atom stereocenters. The molecule has 0 radical (unpaired) electrons. The van der Waals surface area contributed by atoms with E-state index in [1.807, 2.05) is 25.2 Å². The number of carbonyl (C=O) groups is 1. The van der Waals surface area contributed by atoms with Gasteiger partial charge in [-0.25, -0.2) is 0 Å². The molecule has 1 aliphatic rings. The van der Waals surface area contributed by atoms with Crippen LogP contribution < -0.4 is 5.73 Å². The Hall–Kier alpha value is -1.87. The van der Waals surface area contributed by atoms with Gasteiger partial charge in [0, 0.05) is 12.7 Å². The first-order chi connectivity index (χ1) is 11.7. The Balaban J connectivity index is 2.89. The minimum atomic E-state index is -0.429. The van der Waals surface area contributed by atoms with Crippen molar-refractivity contribution in [2.24, 2.45) is 17.1 Å². The molecule has 0 saturated heterocycles. The van der Waals surface area contributed by atoms with Gasteiger partial charge < -0.3 is 10.8 Å². The van der Waals surface area contributed by atoms with E-state index in [4.69, 9.17) is 5.73 Å². The number of rotatable bonds is 7. The van der Waals surface area contributed by atoms with Gasteiger partial charge in [-0.1, -0.05) is 55.4 Å². The van der Waals surface area contributed by atoms with Crippen molar-refractivity contribution >= 4 is 5.91 Å². The van der Waals surface area contributed by atoms with Crippen LogP contribution in [0.3, 0.4) is 0 Å². The van der Waals surface area contributed by atoms with Gasteiger partial charge in [-0.05, 0) is 62.5 Å². The largest absolute Gasteiger partial charge is 0.396 e. The molecule has 3 nitrogen and oxygen atoms in total. The van der Waals surface area contributed by atoms with Crippen LogP contribution in [0.25, 0.3) is 0 Å². The molecule has 0 saturated carbocycles. The van der Waals surface area contributed by atoms with Crippen LogP contribution in [0, 0.1) is 11.3 Å². The van der Waals surface area contributed by atoms with Crippen molar-refractivity contribution in [3.05, 3.63) is 58.7 Å². The molecule has 0 fully saturated rings. The number of primary amides is 1. The second-order valence-electron chi connectivity index (χ2n) is 7.56. The summed E-state index contributed by atoms with van der Waals surface area (Å²) < 4.78 is 0. The Morgan fingerprint density at radius 1 is 1.28 bits per heavy atom. The number of carbonyl (C=O) groups excluding carboxylic acids is 1. The summed E-state index contributed by atoms with van der Waals surface area (Å²) in [6, 6.07) is 0. The summed E-state index contributed by atoms with van der Waals surface area (Å²) >= 11 is 0. The van der Waals surface area contributed by atoms with Crippen LogP contribution in [0.2, 0.25) is 0 Å². The molecule has 3 N–H and O–H groups in total. The van der Waals surface area contributed by atoms with Gasteiger partial charge in [-0.3, -0.25) is 4.79 Å². The van der Waals surface area contributed by atoms with Crippen molar-refractivity contribution in [1.82, 2.24) is 0 Å². The molecule has 1 aliphatic carbocycles. The van der Waals surface area contributed by atoms with E-state index in [1.165, 1.54) is 17.2 Å². The van der Waals surface area contributed by atoms with Gasteiger partial charge in [0.15, 0.2) is 0 Å². The van der Waals surface area contributed by atoms with Gasteiger partial charge in [-0.2, -0.15) is 0 Å². The molecule has 1 atom stereocenters. The summed E-state index contributed by atoms with van der Waals surface area (Å²) in [7, 11) is 0. The Bertz CT molecular complexity index is 630. The summed E-state index contributed by atoms with van der Waals surface area (Å²) in [5, 5.41) is 9.33. The predicted molar refractivity (Wildman–Crippen MR) is 106 cm³/mol. The smallest absolute Gasteiger partial charge is 0.241 e. The Kier molecular flexibility index (Phi) is 8.11. The van der Waals surface area contributed by atoms with E-state index >= 15 is 0 Å². The number of aliphatic hydroxyl groups is 1. The first-order valence-electron chi connectivity index (χ1n) is 9.00. The van der Waals surface area contributed by atoms with Gasteiger partial charge in [0.25, 0.3) is 0 Å². The molecule has 0 aromatic heterocycles. The third kappa shape index (κ3) is 6.50. The van der Waals surface area contributed by atoms with Crippen LogP contribution in [0.4, 0.5) is 0 Å². The highest BCUT2D eigenvalue weighted by Gasteiger charge is 2.35. The van der Waals surface area contributed by atoms with Crippen LogP contribution >= 0.6 is 0 Å².